The Kier molecular flexibility index (Phi) is 5.08. The summed E-state index contributed by atoms with van der Waals surface area (Å²) in [5, 5.41) is 8.51. The molecule has 33 heavy (non-hydrogen) atoms. The molecule has 3 aromatic rings. The van der Waals surface area contributed by atoms with Crippen LogP contribution in [0.5, 0.6) is 5.75 Å². The summed E-state index contributed by atoms with van der Waals surface area (Å²) in [5.74, 6) is 3.26. The summed E-state index contributed by atoms with van der Waals surface area (Å²) in [4.78, 5) is 12.5. The number of ketones is 1. The van der Waals surface area contributed by atoms with Crippen LogP contribution in [0.25, 0.3) is 0 Å². The average Bonchev–Trinajstić information content (AvgIpc) is 3.41. The number of rotatable bonds is 5. The third kappa shape index (κ3) is 3.68. The summed E-state index contributed by atoms with van der Waals surface area (Å²) in [7, 11) is 0. The maximum absolute atomic E-state index is 12.5. The minimum atomic E-state index is -0.0559. The van der Waals surface area contributed by atoms with E-state index in [-0.39, 0.29) is 5.41 Å². The number of carbonyl (C=O) groups is 1. The molecule has 3 aliphatic rings. The van der Waals surface area contributed by atoms with Gasteiger partial charge in [0.15, 0.2) is 0 Å². The lowest BCUT2D eigenvalue weighted by Gasteiger charge is -2.48. The summed E-state index contributed by atoms with van der Waals surface area (Å²) in [5.41, 5.74) is 4.90. The van der Waals surface area contributed by atoms with Gasteiger partial charge in [-0.05, 0) is 78.7 Å². The van der Waals surface area contributed by atoms with Gasteiger partial charge in [0.2, 0.25) is 0 Å². The van der Waals surface area contributed by atoms with Gasteiger partial charge in [-0.3, -0.25) is 4.79 Å². The van der Waals surface area contributed by atoms with Crippen molar-refractivity contribution in [2.45, 2.75) is 64.5 Å². The number of ether oxygens (including phenoxy) is 1. The summed E-state index contributed by atoms with van der Waals surface area (Å²) < 4.78 is 7.95. The fraction of sp³-hybridized carbons (Fsp3) is 0.464. The van der Waals surface area contributed by atoms with E-state index in [4.69, 9.17) is 4.74 Å². The van der Waals surface area contributed by atoms with Crippen molar-refractivity contribution in [3.05, 3.63) is 77.1 Å². The zero-order chi connectivity index (χ0) is 22.4. The van der Waals surface area contributed by atoms with Gasteiger partial charge in [0.1, 0.15) is 23.8 Å². The number of nitrogens with zero attached hydrogens (tertiary/aromatic N) is 3. The van der Waals surface area contributed by atoms with E-state index in [2.05, 4.69) is 47.6 Å². The van der Waals surface area contributed by atoms with E-state index in [1.54, 1.807) is 0 Å². The maximum Gasteiger partial charge on any atom is 0.139 e. The SMILES string of the molecule is C[C@@]12CC[C@@H]3c4ccc(OCc5cn(Cc6ccccc6)nn5)cc4CC[C@H]3[C@@H]1CCC2=O. The van der Waals surface area contributed by atoms with Gasteiger partial charge in [0.25, 0.3) is 0 Å². The Morgan fingerprint density at radius 3 is 2.85 bits per heavy atom. The summed E-state index contributed by atoms with van der Waals surface area (Å²) in [6, 6.07) is 16.9. The Labute approximate surface area is 195 Å². The first kappa shape index (κ1) is 20.6. The fourth-order valence-corrected chi connectivity index (χ4v) is 6.83. The van der Waals surface area contributed by atoms with Gasteiger partial charge in [0, 0.05) is 11.8 Å². The number of aryl methyl sites for hydroxylation is 1. The number of aromatic nitrogens is 3. The number of carbonyl (C=O) groups excluding carboxylic acids is 1. The highest BCUT2D eigenvalue weighted by Crippen LogP contribution is 2.59. The lowest BCUT2D eigenvalue weighted by atomic mass is 9.55. The number of fused-ring (bicyclic) bond motifs is 5. The maximum atomic E-state index is 12.5. The van der Waals surface area contributed by atoms with Crippen molar-refractivity contribution in [1.82, 2.24) is 15.0 Å². The lowest BCUT2D eigenvalue weighted by Crippen LogP contribution is -2.42. The second-order valence-electron chi connectivity index (χ2n) is 10.4. The highest BCUT2D eigenvalue weighted by atomic mass is 16.5. The second-order valence-corrected chi connectivity index (χ2v) is 10.4. The molecule has 0 radical (unpaired) electrons. The minimum absolute atomic E-state index is 0.0559. The molecule has 2 aromatic carbocycles. The van der Waals surface area contributed by atoms with Crippen LogP contribution in [0.15, 0.2) is 54.7 Å². The molecule has 0 unspecified atom stereocenters. The van der Waals surface area contributed by atoms with Gasteiger partial charge >= 0.3 is 0 Å². The van der Waals surface area contributed by atoms with E-state index in [1.807, 2.05) is 29.1 Å². The Hall–Kier alpha value is -2.95. The fourth-order valence-electron chi connectivity index (χ4n) is 6.83. The molecule has 0 saturated heterocycles. The van der Waals surface area contributed by atoms with Crippen LogP contribution < -0.4 is 4.74 Å². The van der Waals surface area contributed by atoms with Gasteiger partial charge < -0.3 is 4.74 Å². The minimum Gasteiger partial charge on any atom is -0.487 e. The van der Waals surface area contributed by atoms with E-state index in [1.165, 1.54) is 23.1 Å². The van der Waals surface area contributed by atoms with Crippen molar-refractivity contribution in [3.8, 4) is 5.75 Å². The summed E-state index contributed by atoms with van der Waals surface area (Å²) >= 11 is 0. The molecule has 0 amide bonds. The smallest absolute Gasteiger partial charge is 0.139 e. The van der Waals surface area contributed by atoms with Gasteiger partial charge in [-0.15, -0.1) is 5.10 Å². The molecule has 1 aromatic heterocycles. The Morgan fingerprint density at radius 2 is 1.97 bits per heavy atom. The van der Waals surface area contributed by atoms with Crippen LogP contribution >= 0.6 is 0 Å². The number of hydrogen-bond donors (Lipinski definition) is 0. The van der Waals surface area contributed by atoms with Crippen molar-refractivity contribution < 1.29 is 9.53 Å². The standard InChI is InChI=1S/C28H31N3O2/c1-28-14-13-24-23-10-8-22(15-20(23)7-9-25(24)26(28)11-12-27(28)32)33-18-21-17-31(30-29-21)16-19-5-3-2-4-6-19/h2-6,8,10,15,17,24-26H,7,9,11-14,16,18H2,1H3/t24-,25-,26+,28-/m1/s1. The lowest BCUT2D eigenvalue weighted by molar-refractivity contribution is -0.129. The third-order valence-corrected chi connectivity index (χ3v) is 8.57. The zero-order valence-corrected chi connectivity index (χ0v) is 19.2. The normalized spacial score (nSPS) is 28.2. The molecule has 3 aliphatic carbocycles. The Bertz CT molecular complexity index is 1170. The quantitative estimate of drug-likeness (QED) is 0.537. The van der Waals surface area contributed by atoms with Gasteiger partial charge in [-0.25, -0.2) is 4.68 Å². The first-order valence-electron chi connectivity index (χ1n) is 12.3. The van der Waals surface area contributed by atoms with Crippen LogP contribution in [-0.2, 0) is 24.4 Å². The Morgan fingerprint density at radius 1 is 1.09 bits per heavy atom. The molecule has 0 bridgehead atoms. The molecule has 5 nitrogen and oxygen atoms in total. The van der Waals surface area contributed by atoms with Crippen LogP contribution in [0.1, 0.15) is 67.3 Å². The van der Waals surface area contributed by atoms with Gasteiger partial charge in [-0.2, -0.15) is 0 Å². The number of Topliss-reactive ketones (excluding diaryl/α,β-unsaturated/α-hetero) is 1. The first-order valence-corrected chi connectivity index (χ1v) is 12.3. The monoisotopic (exact) mass is 441 g/mol. The molecule has 170 valence electrons. The molecule has 0 aliphatic heterocycles. The van der Waals surface area contributed by atoms with E-state index in [0.29, 0.717) is 36.7 Å². The van der Waals surface area contributed by atoms with Crippen LogP contribution in [0.4, 0.5) is 0 Å². The largest absolute Gasteiger partial charge is 0.487 e. The molecule has 0 spiro atoms. The van der Waals surface area contributed by atoms with Crippen LogP contribution in [0, 0.1) is 17.3 Å². The predicted molar refractivity (Wildman–Crippen MR) is 126 cm³/mol. The van der Waals surface area contributed by atoms with Crippen molar-refractivity contribution in [2.24, 2.45) is 17.3 Å². The number of hydrogen-bond acceptors (Lipinski definition) is 4. The number of benzene rings is 2. The summed E-state index contributed by atoms with van der Waals surface area (Å²) in [6.45, 7) is 3.37. The topological polar surface area (TPSA) is 57.0 Å². The molecule has 2 fully saturated rings. The van der Waals surface area contributed by atoms with E-state index in [9.17, 15) is 4.79 Å². The first-order chi connectivity index (χ1) is 16.1. The predicted octanol–water partition coefficient (Wildman–Crippen LogP) is 5.33. The van der Waals surface area contributed by atoms with Crippen molar-refractivity contribution in [3.63, 3.8) is 0 Å². The molecular formula is C28H31N3O2. The van der Waals surface area contributed by atoms with Crippen molar-refractivity contribution in [1.29, 1.82) is 0 Å². The van der Waals surface area contributed by atoms with Gasteiger partial charge in [0.05, 0.1) is 12.7 Å². The molecule has 4 atom stereocenters. The molecule has 2 saturated carbocycles. The van der Waals surface area contributed by atoms with Crippen LogP contribution in [0.3, 0.4) is 0 Å². The van der Waals surface area contributed by atoms with Gasteiger partial charge in [-0.1, -0.05) is 48.5 Å². The van der Waals surface area contributed by atoms with Crippen LogP contribution in [-0.4, -0.2) is 20.8 Å². The van der Waals surface area contributed by atoms with E-state index in [0.717, 1.165) is 43.5 Å². The van der Waals surface area contributed by atoms with Crippen LogP contribution in [0.2, 0.25) is 0 Å². The Balaban J connectivity index is 1.12. The van der Waals surface area contributed by atoms with Crippen molar-refractivity contribution in [2.75, 3.05) is 0 Å². The average molecular weight is 442 g/mol. The molecule has 6 rings (SSSR count). The zero-order valence-electron chi connectivity index (χ0n) is 19.2. The molecule has 1 heterocycles. The highest BCUT2D eigenvalue weighted by Gasteiger charge is 2.54. The molecular weight excluding hydrogens is 410 g/mol. The molecule has 0 N–H and O–H groups in total. The van der Waals surface area contributed by atoms with Crippen molar-refractivity contribution >= 4 is 5.78 Å². The highest BCUT2D eigenvalue weighted by molar-refractivity contribution is 5.87. The summed E-state index contributed by atoms with van der Waals surface area (Å²) in [6.07, 6.45) is 8.31. The van der Waals surface area contributed by atoms with E-state index >= 15 is 0 Å². The third-order valence-electron chi connectivity index (χ3n) is 8.57. The van der Waals surface area contributed by atoms with E-state index < -0.39 is 0 Å². The second kappa shape index (κ2) is 8.12. The molecule has 5 heteroatoms.